The number of fused-ring (bicyclic) bond motifs is 3. The predicted molar refractivity (Wildman–Crippen MR) is 132 cm³/mol. The number of imidazole rings is 1. The molecule has 0 bridgehead atoms. The van der Waals surface area contributed by atoms with Gasteiger partial charge in [-0.2, -0.15) is 9.97 Å². The van der Waals surface area contributed by atoms with Gasteiger partial charge in [0, 0.05) is 16.1 Å². The minimum absolute atomic E-state index is 0.0472. The zero-order valence-corrected chi connectivity index (χ0v) is 21.1. The van der Waals surface area contributed by atoms with Crippen molar-refractivity contribution in [3.8, 4) is 0 Å². The minimum atomic E-state index is -2.85. The summed E-state index contributed by atoms with van der Waals surface area (Å²) in [5.41, 5.74) is 1.12. The second kappa shape index (κ2) is 8.43. The number of rotatable bonds is 7. The van der Waals surface area contributed by atoms with E-state index >= 15 is 4.39 Å². The number of ether oxygens (including phenoxy) is 2. The second-order valence-electron chi connectivity index (χ2n) is 8.99. The zero-order valence-electron chi connectivity index (χ0n) is 18.8. The highest BCUT2D eigenvalue weighted by molar-refractivity contribution is 7.17. The molecule has 6 rings (SSSR count). The molecule has 2 fully saturated rings. The van der Waals surface area contributed by atoms with Crippen LogP contribution in [0.5, 0.6) is 0 Å². The van der Waals surface area contributed by atoms with Gasteiger partial charge in [-0.1, -0.05) is 11.6 Å². The summed E-state index contributed by atoms with van der Waals surface area (Å²) in [5, 5.41) is 33.3. The Morgan fingerprint density at radius 3 is 2.68 bits per heavy atom. The maximum absolute atomic E-state index is 15.6. The first kappa shape index (κ1) is 25.2. The topological polar surface area (TPSA) is 183 Å². The van der Waals surface area contributed by atoms with Crippen molar-refractivity contribution in [1.29, 1.82) is 0 Å². The summed E-state index contributed by atoms with van der Waals surface area (Å²) in [5.74, 6) is -3.70. The average Bonchev–Trinajstić information content (AvgIpc) is 3.22. The van der Waals surface area contributed by atoms with Crippen molar-refractivity contribution in [2.75, 3.05) is 5.73 Å². The Bertz CT molecular complexity index is 1640. The third kappa shape index (κ3) is 3.48. The SMILES string of the molecule is Nc1nc(Cl)nc2c1ncn2[C@@H]1O[C@@H]2C(OC(Cc3csc4ccc(Cl)cc34)(C(=O)O)C(=O)O)[C@]2(O)[C@@H]1F. The molecule has 16 heteroatoms. The van der Waals surface area contributed by atoms with Gasteiger partial charge in [-0.05, 0) is 46.1 Å². The molecule has 4 aromatic rings. The third-order valence-corrected chi connectivity index (χ3v) is 8.24. The summed E-state index contributed by atoms with van der Waals surface area (Å²) in [6, 6.07) is 4.95. The molecule has 0 spiro atoms. The number of aliphatic carboxylic acids is 2. The Morgan fingerprint density at radius 2 is 2.03 bits per heavy atom. The number of thiophene rings is 1. The molecule has 5 atom stereocenters. The highest BCUT2D eigenvalue weighted by Crippen LogP contribution is 2.58. The Morgan fingerprint density at radius 1 is 1.29 bits per heavy atom. The van der Waals surface area contributed by atoms with E-state index in [9.17, 15) is 24.9 Å². The maximum atomic E-state index is 15.6. The molecule has 3 aromatic heterocycles. The molecule has 12 nitrogen and oxygen atoms in total. The molecule has 38 heavy (non-hydrogen) atoms. The fraction of sp³-hybridized carbons (Fsp3) is 0.318. The van der Waals surface area contributed by atoms with Gasteiger partial charge in [-0.25, -0.2) is 19.0 Å². The van der Waals surface area contributed by atoms with E-state index in [4.69, 9.17) is 38.4 Å². The number of alkyl halides is 1. The van der Waals surface area contributed by atoms with Crippen LogP contribution in [0.4, 0.5) is 10.2 Å². The van der Waals surface area contributed by atoms with Gasteiger partial charge in [0.2, 0.25) is 5.28 Å². The van der Waals surface area contributed by atoms with Crippen molar-refractivity contribution in [3.63, 3.8) is 0 Å². The van der Waals surface area contributed by atoms with Crippen LogP contribution in [0.3, 0.4) is 0 Å². The summed E-state index contributed by atoms with van der Waals surface area (Å²) in [6.45, 7) is 0. The molecule has 1 saturated heterocycles. The number of carboxylic acid groups (broad SMARTS) is 2. The highest BCUT2D eigenvalue weighted by atomic mass is 35.5. The summed E-state index contributed by atoms with van der Waals surface area (Å²) in [7, 11) is 0. The molecule has 1 aromatic carbocycles. The van der Waals surface area contributed by atoms with Crippen LogP contribution in [0, 0.1) is 0 Å². The first-order chi connectivity index (χ1) is 18.0. The monoisotopic (exact) mass is 583 g/mol. The number of carboxylic acids is 2. The quantitative estimate of drug-likeness (QED) is 0.185. The van der Waals surface area contributed by atoms with E-state index in [0.717, 1.165) is 9.27 Å². The standard InChI is InChI=1S/C22H16Cl2FN5O7S/c23-8-1-2-10-9(3-8)7(5-38-10)4-21(18(31)32,19(33)34)37-14-13-22(14,35)12(25)17(36-13)30-6-27-11-15(26)28-20(24)29-16(11)30/h1-3,5-6,12-14,17,35H,4H2,(H,31,32)(H,33,34)(H2,26,28,29)/t12-,13-,14?,17-,22+/m1/s1. The zero-order chi connectivity index (χ0) is 27.1. The molecule has 1 aliphatic heterocycles. The number of nitrogen functional groups attached to an aromatic ring is 1. The average molecular weight is 584 g/mol. The second-order valence-corrected chi connectivity index (χ2v) is 10.7. The third-order valence-electron chi connectivity index (χ3n) is 6.83. The molecular weight excluding hydrogens is 568 g/mol. The van der Waals surface area contributed by atoms with E-state index < -0.39 is 54.2 Å². The van der Waals surface area contributed by atoms with E-state index in [1.165, 1.54) is 17.7 Å². The Kier molecular flexibility index (Phi) is 5.58. The van der Waals surface area contributed by atoms with Gasteiger partial charge in [0.25, 0.3) is 5.60 Å². The van der Waals surface area contributed by atoms with Crippen molar-refractivity contribution < 1.29 is 38.8 Å². The Labute approximate surface area is 225 Å². The lowest BCUT2D eigenvalue weighted by molar-refractivity contribution is -0.194. The number of hydrogen-bond acceptors (Lipinski definition) is 10. The maximum Gasteiger partial charge on any atom is 0.348 e. The van der Waals surface area contributed by atoms with Crippen LogP contribution in [-0.2, 0) is 25.5 Å². The first-order valence-corrected chi connectivity index (χ1v) is 12.6. The number of anilines is 1. The summed E-state index contributed by atoms with van der Waals surface area (Å²) >= 11 is 13.2. The van der Waals surface area contributed by atoms with Gasteiger partial charge in [-0.3, -0.25) is 4.57 Å². The molecule has 2 aliphatic rings. The van der Waals surface area contributed by atoms with Crippen LogP contribution in [-0.4, -0.2) is 76.4 Å². The van der Waals surface area contributed by atoms with Crippen LogP contribution in [0.2, 0.25) is 10.3 Å². The van der Waals surface area contributed by atoms with Crippen LogP contribution in [0.15, 0.2) is 29.9 Å². The van der Waals surface area contributed by atoms with E-state index in [0.29, 0.717) is 16.0 Å². The van der Waals surface area contributed by atoms with Gasteiger partial charge in [0.15, 0.2) is 29.5 Å². The molecule has 4 heterocycles. The first-order valence-electron chi connectivity index (χ1n) is 10.9. The molecule has 5 N–H and O–H groups in total. The Balaban J connectivity index is 1.30. The predicted octanol–water partition coefficient (Wildman–Crippen LogP) is 2.45. The number of carbonyl (C=O) groups is 2. The van der Waals surface area contributed by atoms with E-state index in [-0.39, 0.29) is 22.3 Å². The lowest BCUT2D eigenvalue weighted by atomic mass is 9.93. The number of hydrogen-bond donors (Lipinski definition) is 4. The van der Waals surface area contributed by atoms with E-state index in [2.05, 4.69) is 15.0 Å². The van der Waals surface area contributed by atoms with Crippen molar-refractivity contribution >= 4 is 73.5 Å². The van der Waals surface area contributed by atoms with Gasteiger partial charge >= 0.3 is 11.9 Å². The number of benzene rings is 1. The highest BCUT2D eigenvalue weighted by Gasteiger charge is 2.80. The summed E-state index contributed by atoms with van der Waals surface area (Å²) < 4.78 is 28.7. The van der Waals surface area contributed by atoms with Crippen molar-refractivity contribution in [2.45, 2.75) is 42.2 Å². The van der Waals surface area contributed by atoms with Crippen molar-refractivity contribution in [2.24, 2.45) is 0 Å². The molecule has 1 saturated carbocycles. The molecule has 0 amide bonds. The van der Waals surface area contributed by atoms with E-state index in [1.54, 1.807) is 23.6 Å². The molecule has 0 radical (unpaired) electrons. The molecule has 1 unspecified atom stereocenters. The van der Waals surface area contributed by atoms with Crippen molar-refractivity contribution in [3.05, 3.63) is 45.8 Å². The van der Waals surface area contributed by atoms with Crippen LogP contribution >= 0.6 is 34.5 Å². The normalized spacial score (nSPS) is 26.6. The molecular formula is C22H16Cl2FN5O7S. The van der Waals surface area contributed by atoms with Gasteiger partial charge < -0.3 is 30.5 Å². The number of nitrogens with two attached hydrogens (primary N) is 1. The number of aromatic nitrogens is 4. The van der Waals surface area contributed by atoms with Gasteiger partial charge in [0.1, 0.15) is 17.7 Å². The minimum Gasteiger partial charge on any atom is -0.479 e. The fourth-order valence-corrected chi connectivity index (χ4v) is 6.08. The lowest BCUT2D eigenvalue weighted by Crippen LogP contribution is -2.53. The van der Waals surface area contributed by atoms with Crippen LogP contribution in [0.25, 0.3) is 21.3 Å². The molecule has 1 aliphatic carbocycles. The Hall–Kier alpha value is -3.14. The van der Waals surface area contributed by atoms with Gasteiger partial charge in [-0.15, -0.1) is 11.3 Å². The summed E-state index contributed by atoms with van der Waals surface area (Å²) in [6.07, 6.45) is -6.02. The smallest absolute Gasteiger partial charge is 0.348 e. The van der Waals surface area contributed by atoms with Crippen molar-refractivity contribution in [1.82, 2.24) is 19.5 Å². The number of aliphatic hydroxyl groups is 1. The largest absolute Gasteiger partial charge is 0.479 e. The van der Waals surface area contributed by atoms with Gasteiger partial charge in [0.05, 0.1) is 6.33 Å². The summed E-state index contributed by atoms with van der Waals surface area (Å²) in [4.78, 5) is 36.4. The van der Waals surface area contributed by atoms with Crippen LogP contribution in [0.1, 0.15) is 11.8 Å². The number of nitrogens with zero attached hydrogens (tertiary/aromatic N) is 4. The molecule has 198 valence electrons. The van der Waals surface area contributed by atoms with E-state index in [1.807, 2.05) is 0 Å². The lowest BCUT2D eigenvalue weighted by Gasteiger charge is -2.28. The fourth-order valence-electron chi connectivity index (χ4n) is 4.79. The number of halogens is 3. The van der Waals surface area contributed by atoms with Crippen LogP contribution < -0.4 is 5.73 Å².